The van der Waals surface area contributed by atoms with E-state index in [9.17, 15) is 5.11 Å². The Morgan fingerprint density at radius 2 is 2.25 bits per heavy atom. The fraction of sp³-hybridized carbons (Fsp3) is 0.667. The van der Waals surface area contributed by atoms with Crippen LogP contribution in [0, 0.1) is 2.88 Å². The predicted molar refractivity (Wildman–Crippen MR) is 74.9 cm³/mol. The van der Waals surface area contributed by atoms with Crippen LogP contribution in [0.25, 0.3) is 0 Å². The third-order valence-corrected chi connectivity index (χ3v) is 5.60. The highest BCUT2D eigenvalue weighted by Crippen LogP contribution is 2.37. The molecule has 1 heterocycles. The van der Waals surface area contributed by atoms with E-state index in [0.717, 1.165) is 12.8 Å². The van der Waals surface area contributed by atoms with Gasteiger partial charge in [-0.3, -0.25) is 0 Å². The molecule has 1 aromatic rings. The Morgan fingerprint density at radius 1 is 1.44 bits per heavy atom. The first-order chi connectivity index (χ1) is 7.72. The Kier molecular flexibility index (Phi) is 3.26. The highest BCUT2D eigenvalue weighted by Gasteiger charge is 2.31. The molecule has 0 saturated heterocycles. The third-order valence-electron chi connectivity index (χ3n) is 3.63. The lowest BCUT2D eigenvalue weighted by Crippen LogP contribution is -2.46. The van der Waals surface area contributed by atoms with Crippen molar-refractivity contribution in [3.05, 3.63) is 19.4 Å². The van der Waals surface area contributed by atoms with Crippen LogP contribution in [0.15, 0.2) is 6.07 Å². The van der Waals surface area contributed by atoms with Crippen LogP contribution < -0.4 is 5.32 Å². The van der Waals surface area contributed by atoms with E-state index in [1.165, 1.54) is 27.7 Å². The van der Waals surface area contributed by atoms with Crippen LogP contribution in [0.5, 0.6) is 0 Å². The molecule has 1 fully saturated rings. The molecule has 3 rings (SSSR count). The fourth-order valence-electron chi connectivity index (χ4n) is 2.70. The second kappa shape index (κ2) is 4.55. The van der Waals surface area contributed by atoms with Gasteiger partial charge in [-0.1, -0.05) is 0 Å². The summed E-state index contributed by atoms with van der Waals surface area (Å²) in [5.41, 5.74) is 1.53. The van der Waals surface area contributed by atoms with E-state index in [1.807, 2.05) is 11.3 Å². The molecule has 0 bridgehead atoms. The molecular formula is C12H16INOS. The van der Waals surface area contributed by atoms with Crippen molar-refractivity contribution in [3.8, 4) is 0 Å². The average Bonchev–Trinajstić information content (AvgIpc) is 2.57. The van der Waals surface area contributed by atoms with Gasteiger partial charge in [-0.15, -0.1) is 11.3 Å². The van der Waals surface area contributed by atoms with Crippen molar-refractivity contribution in [3.63, 3.8) is 0 Å². The zero-order chi connectivity index (χ0) is 11.1. The van der Waals surface area contributed by atoms with Gasteiger partial charge < -0.3 is 10.4 Å². The number of nitrogens with one attached hydrogen (secondary N) is 1. The van der Waals surface area contributed by atoms with Crippen LogP contribution >= 0.6 is 33.9 Å². The van der Waals surface area contributed by atoms with Gasteiger partial charge in [-0.2, -0.15) is 0 Å². The molecule has 2 aliphatic rings. The minimum atomic E-state index is -0.0526. The highest BCUT2D eigenvalue weighted by atomic mass is 127. The van der Waals surface area contributed by atoms with E-state index in [4.69, 9.17) is 0 Å². The maximum absolute atomic E-state index is 9.31. The molecule has 1 unspecified atom stereocenters. The maximum Gasteiger partial charge on any atom is 0.0659 e. The molecule has 2 N–H and O–H groups in total. The largest absolute Gasteiger partial charge is 0.393 e. The SMILES string of the molecule is OC1CC(NC2CCCc3sc(I)cc32)C1. The average molecular weight is 349 g/mol. The Balaban J connectivity index is 1.72. The Hall–Kier alpha value is 0.350. The fourth-order valence-corrected chi connectivity index (χ4v) is 4.82. The number of hydrogen-bond acceptors (Lipinski definition) is 3. The van der Waals surface area contributed by atoms with Crippen LogP contribution in [0.4, 0.5) is 0 Å². The zero-order valence-corrected chi connectivity index (χ0v) is 12.1. The monoisotopic (exact) mass is 349 g/mol. The quantitative estimate of drug-likeness (QED) is 0.805. The maximum atomic E-state index is 9.31. The van der Waals surface area contributed by atoms with Crippen molar-refractivity contribution in [1.82, 2.24) is 5.32 Å². The minimum absolute atomic E-state index is 0.0526. The Labute approximate surface area is 114 Å². The number of hydrogen-bond donors (Lipinski definition) is 2. The van der Waals surface area contributed by atoms with Gasteiger partial charge in [-0.25, -0.2) is 0 Å². The number of aryl methyl sites for hydroxylation is 1. The van der Waals surface area contributed by atoms with Crippen molar-refractivity contribution in [2.45, 2.75) is 50.3 Å². The molecule has 0 amide bonds. The Bertz CT molecular complexity index is 386. The van der Waals surface area contributed by atoms with Gasteiger partial charge in [0, 0.05) is 17.0 Å². The van der Waals surface area contributed by atoms with E-state index in [-0.39, 0.29) is 6.10 Å². The predicted octanol–water partition coefficient (Wildman–Crippen LogP) is 2.84. The lowest BCUT2D eigenvalue weighted by atomic mass is 9.86. The number of aliphatic hydroxyl groups excluding tert-OH is 1. The molecule has 0 aromatic carbocycles. The topological polar surface area (TPSA) is 32.3 Å². The smallest absolute Gasteiger partial charge is 0.0659 e. The molecule has 1 saturated carbocycles. The van der Waals surface area contributed by atoms with Crippen molar-refractivity contribution in [2.75, 3.05) is 0 Å². The van der Waals surface area contributed by atoms with Crippen LogP contribution in [0.2, 0.25) is 0 Å². The molecule has 0 spiro atoms. The van der Waals surface area contributed by atoms with Crippen molar-refractivity contribution in [1.29, 1.82) is 0 Å². The van der Waals surface area contributed by atoms with Gasteiger partial charge in [0.05, 0.1) is 8.99 Å². The molecule has 16 heavy (non-hydrogen) atoms. The van der Waals surface area contributed by atoms with Crippen molar-refractivity contribution in [2.24, 2.45) is 0 Å². The molecule has 0 aliphatic heterocycles. The number of fused-ring (bicyclic) bond motifs is 1. The van der Waals surface area contributed by atoms with Crippen LogP contribution in [0.3, 0.4) is 0 Å². The summed E-state index contributed by atoms with van der Waals surface area (Å²) in [5, 5.41) is 13.0. The molecule has 4 heteroatoms. The lowest BCUT2D eigenvalue weighted by molar-refractivity contribution is 0.0566. The molecule has 88 valence electrons. The summed E-state index contributed by atoms with van der Waals surface area (Å²) in [7, 11) is 0. The molecule has 0 radical (unpaired) electrons. The van der Waals surface area contributed by atoms with Crippen LogP contribution in [0.1, 0.15) is 42.2 Å². The second-order valence-electron chi connectivity index (χ2n) is 4.86. The van der Waals surface area contributed by atoms with E-state index in [0.29, 0.717) is 12.1 Å². The summed E-state index contributed by atoms with van der Waals surface area (Å²) in [4.78, 5) is 1.58. The van der Waals surface area contributed by atoms with Crippen LogP contribution in [-0.2, 0) is 6.42 Å². The van der Waals surface area contributed by atoms with Gasteiger partial charge >= 0.3 is 0 Å². The molecule has 1 atom stereocenters. The number of halogens is 1. The first-order valence-corrected chi connectivity index (χ1v) is 7.84. The first-order valence-electron chi connectivity index (χ1n) is 5.94. The molecule has 1 aromatic heterocycles. The standard InChI is InChI=1S/C12H16INOS/c13-12-6-9-10(2-1-3-11(9)16-12)14-7-4-8(15)5-7/h6-8,10,14-15H,1-5H2. The van der Waals surface area contributed by atoms with Gasteiger partial charge in [0.15, 0.2) is 0 Å². The normalized spacial score (nSPS) is 33.2. The summed E-state index contributed by atoms with van der Waals surface area (Å²) in [6.07, 6.45) is 5.64. The van der Waals surface area contributed by atoms with Gasteiger partial charge in [0.1, 0.15) is 0 Å². The summed E-state index contributed by atoms with van der Waals surface area (Å²) < 4.78 is 1.41. The molecular weight excluding hydrogens is 333 g/mol. The van der Waals surface area contributed by atoms with Crippen LogP contribution in [-0.4, -0.2) is 17.3 Å². The van der Waals surface area contributed by atoms with E-state index in [2.05, 4.69) is 34.0 Å². The molecule has 2 aliphatic carbocycles. The zero-order valence-electron chi connectivity index (χ0n) is 9.08. The number of aliphatic hydroxyl groups is 1. The van der Waals surface area contributed by atoms with E-state index >= 15 is 0 Å². The summed E-state index contributed by atoms with van der Waals surface area (Å²) in [6.45, 7) is 0. The van der Waals surface area contributed by atoms with Gasteiger partial charge in [-0.05, 0) is 66.3 Å². The van der Waals surface area contributed by atoms with Crippen molar-refractivity contribution < 1.29 is 5.11 Å². The minimum Gasteiger partial charge on any atom is -0.393 e. The highest BCUT2D eigenvalue weighted by molar-refractivity contribution is 14.1. The number of rotatable bonds is 2. The van der Waals surface area contributed by atoms with Crippen molar-refractivity contribution >= 4 is 33.9 Å². The van der Waals surface area contributed by atoms with Gasteiger partial charge in [0.25, 0.3) is 0 Å². The van der Waals surface area contributed by atoms with E-state index in [1.54, 1.807) is 4.88 Å². The summed E-state index contributed by atoms with van der Waals surface area (Å²) >= 11 is 4.37. The summed E-state index contributed by atoms with van der Waals surface area (Å²) in [5.74, 6) is 0. The number of thiophene rings is 1. The lowest BCUT2D eigenvalue weighted by Gasteiger charge is -2.36. The Morgan fingerprint density at radius 3 is 3.00 bits per heavy atom. The van der Waals surface area contributed by atoms with Gasteiger partial charge in [0.2, 0.25) is 0 Å². The molecule has 2 nitrogen and oxygen atoms in total. The third kappa shape index (κ3) is 2.17. The van der Waals surface area contributed by atoms with E-state index < -0.39 is 0 Å². The summed E-state index contributed by atoms with van der Waals surface area (Å²) in [6, 6.07) is 3.43. The first kappa shape index (κ1) is 11.4. The second-order valence-corrected chi connectivity index (χ2v) is 7.89.